The lowest BCUT2D eigenvalue weighted by molar-refractivity contribution is -0.122. The standard InChI is InChI=1S/C7H12O3S/c1-5(8)6-3-7(4-6)11(2,9)10/h6-7H,3-4H2,1-2H3. The summed E-state index contributed by atoms with van der Waals surface area (Å²) in [5.74, 6) is 0.125. The first kappa shape index (κ1) is 8.71. The molecule has 0 aromatic heterocycles. The molecule has 0 aliphatic heterocycles. The lowest BCUT2D eigenvalue weighted by Gasteiger charge is -2.31. The molecule has 0 saturated heterocycles. The third kappa shape index (κ3) is 1.80. The molecule has 1 aliphatic carbocycles. The van der Waals surface area contributed by atoms with Gasteiger partial charge in [-0.15, -0.1) is 0 Å². The van der Waals surface area contributed by atoms with E-state index in [1.807, 2.05) is 0 Å². The first-order valence-electron chi connectivity index (χ1n) is 3.60. The lowest BCUT2D eigenvalue weighted by Crippen LogP contribution is -2.38. The number of sulfone groups is 1. The molecule has 0 aromatic carbocycles. The largest absolute Gasteiger partial charge is 0.300 e. The monoisotopic (exact) mass is 176 g/mol. The Kier molecular flexibility index (Phi) is 2.05. The Morgan fingerprint density at radius 3 is 2.09 bits per heavy atom. The molecule has 3 nitrogen and oxygen atoms in total. The minimum atomic E-state index is -2.88. The van der Waals surface area contributed by atoms with Crippen LogP contribution in [0.15, 0.2) is 0 Å². The van der Waals surface area contributed by atoms with Crippen molar-refractivity contribution >= 4 is 15.6 Å². The second-order valence-corrected chi connectivity index (χ2v) is 5.56. The Balaban J connectivity index is 2.48. The Morgan fingerprint density at radius 2 is 1.82 bits per heavy atom. The SMILES string of the molecule is CC(=O)C1CC(S(C)(=O)=O)C1. The van der Waals surface area contributed by atoms with Crippen LogP contribution in [-0.2, 0) is 14.6 Å². The number of hydrogen-bond donors (Lipinski definition) is 0. The summed E-state index contributed by atoms with van der Waals surface area (Å²) < 4.78 is 21.7. The molecule has 1 rings (SSSR count). The smallest absolute Gasteiger partial charge is 0.150 e. The van der Waals surface area contributed by atoms with Crippen molar-refractivity contribution < 1.29 is 13.2 Å². The van der Waals surface area contributed by atoms with Crippen LogP contribution in [0.25, 0.3) is 0 Å². The van der Waals surface area contributed by atoms with Crippen LogP contribution in [-0.4, -0.2) is 25.7 Å². The van der Waals surface area contributed by atoms with Crippen molar-refractivity contribution in [1.29, 1.82) is 0 Å². The van der Waals surface area contributed by atoms with Gasteiger partial charge in [0.05, 0.1) is 5.25 Å². The van der Waals surface area contributed by atoms with Crippen molar-refractivity contribution in [2.75, 3.05) is 6.26 Å². The summed E-state index contributed by atoms with van der Waals surface area (Å²) in [7, 11) is -2.88. The molecular weight excluding hydrogens is 164 g/mol. The molecule has 0 heterocycles. The van der Waals surface area contributed by atoms with Gasteiger partial charge in [-0.1, -0.05) is 0 Å². The molecule has 0 amide bonds. The zero-order valence-corrected chi connectivity index (χ0v) is 7.52. The third-order valence-corrected chi connectivity index (χ3v) is 3.87. The van der Waals surface area contributed by atoms with E-state index in [0.29, 0.717) is 12.8 Å². The van der Waals surface area contributed by atoms with Gasteiger partial charge in [0.15, 0.2) is 0 Å². The first-order valence-corrected chi connectivity index (χ1v) is 5.56. The Hall–Kier alpha value is -0.380. The van der Waals surface area contributed by atoms with E-state index in [2.05, 4.69) is 0 Å². The number of ketones is 1. The number of rotatable bonds is 2. The predicted molar refractivity (Wildman–Crippen MR) is 42.0 cm³/mol. The number of hydrogen-bond acceptors (Lipinski definition) is 3. The van der Waals surface area contributed by atoms with Gasteiger partial charge in [0.1, 0.15) is 15.6 Å². The maximum absolute atomic E-state index is 10.9. The van der Waals surface area contributed by atoms with Gasteiger partial charge in [-0.05, 0) is 19.8 Å². The van der Waals surface area contributed by atoms with E-state index in [-0.39, 0.29) is 17.0 Å². The molecule has 11 heavy (non-hydrogen) atoms. The maximum Gasteiger partial charge on any atom is 0.150 e. The maximum atomic E-state index is 10.9. The molecule has 0 spiro atoms. The van der Waals surface area contributed by atoms with E-state index in [4.69, 9.17) is 0 Å². The zero-order chi connectivity index (χ0) is 8.65. The van der Waals surface area contributed by atoms with E-state index < -0.39 is 9.84 Å². The van der Waals surface area contributed by atoms with Gasteiger partial charge in [-0.3, -0.25) is 4.79 Å². The normalized spacial score (nSPS) is 31.1. The fourth-order valence-corrected chi connectivity index (χ4v) is 2.41. The van der Waals surface area contributed by atoms with Crippen LogP contribution in [0.3, 0.4) is 0 Å². The van der Waals surface area contributed by atoms with E-state index in [0.717, 1.165) is 0 Å². The summed E-state index contributed by atoms with van der Waals surface area (Å²) in [6, 6.07) is 0. The second kappa shape index (κ2) is 2.59. The molecule has 0 N–H and O–H groups in total. The fraction of sp³-hybridized carbons (Fsp3) is 0.857. The molecule has 1 aliphatic rings. The quantitative estimate of drug-likeness (QED) is 0.612. The highest BCUT2D eigenvalue weighted by Crippen LogP contribution is 2.32. The third-order valence-electron chi connectivity index (χ3n) is 2.28. The van der Waals surface area contributed by atoms with Crippen LogP contribution in [0.2, 0.25) is 0 Å². The second-order valence-electron chi connectivity index (χ2n) is 3.23. The lowest BCUT2D eigenvalue weighted by atomic mass is 9.82. The highest BCUT2D eigenvalue weighted by molar-refractivity contribution is 7.91. The minimum Gasteiger partial charge on any atom is -0.300 e. The molecule has 1 saturated carbocycles. The van der Waals surface area contributed by atoms with Crippen molar-refractivity contribution in [1.82, 2.24) is 0 Å². The van der Waals surface area contributed by atoms with Crippen molar-refractivity contribution in [2.24, 2.45) is 5.92 Å². The van der Waals surface area contributed by atoms with Crippen molar-refractivity contribution in [2.45, 2.75) is 25.0 Å². The molecule has 0 bridgehead atoms. The van der Waals surface area contributed by atoms with Crippen LogP contribution in [0, 0.1) is 5.92 Å². The van der Waals surface area contributed by atoms with Gasteiger partial charge in [0.2, 0.25) is 0 Å². The first-order chi connectivity index (χ1) is 4.91. The molecule has 64 valence electrons. The van der Waals surface area contributed by atoms with E-state index >= 15 is 0 Å². The highest BCUT2D eigenvalue weighted by Gasteiger charge is 2.38. The summed E-state index contributed by atoms with van der Waals surface area (Å²) >= 11 is 0. The Morgan fingerprint density at radius 1 is 1.36 bits per heavy atom. The average molecular weight is 176 g/mol. The van der Waals surface area contributed by atoms with Crippen molar-refractivity contribution in [3.8, 4) is 0 Å². The summed E-state index contributed by atoms with van der Waals surface area (Å²) in [5, 5.41) is -0.253. The van der Waals surface area contributed by atoms with E-state index in [1.54, 1.807) is 0 Å². The van der Waals surface area contributed by atoms with Gasteiger partial charge in [-0.2, -0.15) is 0 Å². The Labute approximate surface area is 66.7 Å². The predicted octanol–water partition coefficient (Wildman–Crippen LogP) is 0.399. The molecule has 0 aromatic rings. The highest BCUT2D eigenvalue weighted by atomic mass is 32.2. The average Bonchev–Trinajstić information content (AvgIpc) is 1.51. The zero-order valence-electron chi connectivity index (χ0n) is 6.70. The van der Waals surface area contributed by atoms with Gasteiger partial charge >= 0.3 is 0 Å². The van der Waals surface area contributed by atoms with Crippen molar-refractivity contribution in [3.63, 3.8) is 0 Å². The molecular formula is C7H12O3S. The number of carbonyl (C=O) groups excluding carboxylic acids is 1. The van der Waals surface area contributed by atoms with E-state index in [9.17, 15) is 13.2 Å². The number of Topliss-reactive ketones (excluding diaryl/α,β-unsaturated/α-hetero) is 1. The fourth-order valence-electron chi connectivity index (χ4n) is 1.25. The molecule has 0 unspecified atom stereocenters. The summed E-state index contributed by atoms with van der Waals surface area (Å²) in [4.78, 5) is 10.7. The van der Waals surface area contributed by atoms with Crippen LogP contribution in [0.1, 0.15) is 19.8 Å². The molecule has 0 atom stereocenters. The summed E-state index contributed by atoms with van der Waals surface area (Å²) in [6.45, 7) is 1.52. The Bertz CT molecular complexity index is 259. The van der Waals surface area contributed by atoms with Crippen LogP contribution >= 0.6 is 0 Å². The van der Waals surface area contributed by atoms with E-state index in [1.165, 1.54) is 13.2 Å². The van der Waals surface area contributed by atoms with Gasteiger partial charge in [0.25, 0.3) is 0 Å². The topological polar surface area (TPSA) is 51.2 Å². The van der Waals surface area contributed by atoms with Crippen LogP contribution in [0.5, 0.6) is 0 Å². The van der Waals surface area contributed by atoms with Crippen LogP contribution in [0.4, 0.5) is 0 Å². The molecule has 1 fully saturated rings. The van der Waals surface area contributed by atoms with Crippen molar-refractivity contribution in [3.05, 3.63) is 0 Å². The number of carbonyl (C=O) groups is 1. The van der Waals surface area contributed by atoms with Crippen LogP contribution < -0.4 is 0 Å². The summed E-state index contributed by atoms with van der Waals surface area (Å²) in [6.07, 6.45) is 2.30. The van der Waals surface area contributed by atoms with Gasteiger partial charge < -0.3 is 0 Å². The molecule has 4 heteroatoms. The van der Waals surface area contributed by atoms with Gasteiger partial charge in [0, 0.05) is 12.2 Å². The summed E-state index contributed by atoms with van der Waals surface area (Å²) in [5.41, 5.74) is 0. The molecule has 0 radical (unpaired) electrons. The van der Waals surface area contributed by atoms with Gasteiger partial charge in [-0.25, -0.2) is 8.42 Å². The minimum absolute atomic E-state index is 0.00900.